The van der Waals surface area contributed by atoms with Crippen LogP contribution in [0, 0.1) is 0 Å². The molecule has 6 heteroatoms. The van der Waals surface area contributed by atoms with Gasteiger partial charge in [-0.15, -0.1) is 0 Å². The van der Waals surface area contributed by atoms with Crippen molar-refractivity contribution in [2.45, 2.75) is 31.9 Å². The summed E-state index contributed by atoms with van der Waals surface area (Å²) in [6.45, 7) is 2.96. The number of nitrogens with one attached hydrogen (secondary N) is 2. The molecule has 108 valence electrons. The molecule has 0 bridgehead atoms. The van der Waals surface area contributed by atoms with E-state index in [9.17, 15) is 4.79 Å². The van der Waals surface area contributed by atoms with Gasteiger partial charge in [-0.05, 0) is 31.9 Å². The first kappa shape index (κ1) is 13.1. The third kappa shape index (κ3) is 2.80. The molecular formula is C14H18N2O4. The van der Waals surface area contributed by atoms with Crippen LogP contribution in [0.15, 0.2) is 18.2 Å². The number of hydrogen-bond donors (Lipinski definition) is 2. The van der Waals surface area contributed by atoms with E-state index in [4.69, 9.17) is 14.2 Å². The van der Waals surface area contributed by atoms with E-state index in [-0.39, 0.29) is 25.0 Å². The SMILES string of the molecule is C[C@@H](NC(=O)Nc1ccc2c(c1)OCO2)[C@@H]1CCCO1. The van der Waals surface area contributed by atoms with E-state index in [2.05, 4.69) is 10.6 Å². The van der Waals surface area contributed by atoms with Gasteiger partial charge in [0.05, 0.1) is 12.1 Å². The van der Waals surface area contributed by atoms with E-state index in [1.807, 2.05) is 6.92 Å². The van der Waals surface area contributed by atoms with Crippen LogP contribution in [-0.4, -0.2) is 31.6 Å². The molecule has 3 rings (SSSR count). The van der Waals surface area contributed by atoms with Crippen LogP contribution < -0.4 is 20.1 Å². The van der Waals surface area contributed by atoms with Gasteiger partial charge in [0.2, 0.25) is 6.79 Å². The first-order chi connectivity index (χ1) is 9.72. The lowest BCUT2D eigenvalue weighted by Crippen LogP contribution is -2.42. The number of carbonyl (C=O) groups is 1. The zero-order chi connectivity index (χ0) is 13.9. The Bertz CT molecular complexity index is 500. The second-order valence-electron chi connectivity index (χ2n) is 5.01. The zero-order valence-corrected chi connectivity index (χ0v) is 11.3. The number of anilines is 1. The highest BCUT2D eigenvalue weighted by Crippen LogP contribution is 2.34. The van der Waals surface area contributed by atoms with Crippen molar-refractivity contribution in [3.63, 3.8) is 0 Å². The fraction of sp³-hybridized carbons (Fsp3) is 0.500. The standard InChI is InChI=1S/C14H18N2O4/c1-9(11-3-2-6-18-11)15-14(17)16-10-4-5-12-13(7-10)20-8-19-12/h4-5,7,9,11H,2-3,6,8H2,1H3,(H2,15,16,17)/t9-,11+/m1/s1. The van der Waals surface area contributed by atoms with Crippen molar-refractivity contribution in [1.29, 1.82) is 0 Å². The fourth-order valence-electron chi connectivity index (χ4n) is 2.44. The molecule has 2 N–H and O–H groups in total. The van der Waals surface area contributed by atoms with Crippen molar-refractivity contribution in [2.24, 2.45) is 0 Å². The van der Waals surface area contributed by atoms with E-state index in [0.717, 1.165) is 19.4 Å². The van der Waals surface area contributed by atoms with Crippen molar-refractivity contribution < 1.29 is 19.0 Å². The Balaban J connectivity index is 1.55. The number of ether oxygens (including phenoxy) is 3. The molecule has 2 aliphatic rings. The van der Waals surface area contributed by atoms with Crippen molar-refractivity contribution >= 4 is 11.7 Å². The lowest BCUT2D eigenvalue weighted by Gasteiger charge is -2.20. The lowest BCUT2D eigenvalue weighted by atomic mass is 10.1. The van der Waals surface area contributed by atoms with Gasteiger partial charge in [0, 0.05) is 18.4 Å². The molecule has 0 spiro atoms. The van der Waals surface area contributed by atoms with Crippen molar-refractivity contribution in [3.8, 4) is 11.5 Å². The minimum Gasteiger partial charge on any atom is -0.454 e. The van der Waals surface area contributed by atoms with Crippen LogP contribution in [0.4, 0.5) is 10.5 Å². The summed E-state index contributed by atoms with van der Waals surface area (Å²) in [5.41, 5.74) is 0.672. The predicted molar refractivity (Wildman–Crippen MR) is 73.2 cm³/mol. The molecule has 2 atom stereocenters. The van der Waals surface area contributed by atoms with Crippen molar-refractivity contribution in [2.75, 3.05) is 18.7 Å². The van der Waals surface area contributed by atoms with Crippen LogP contribution >= 0.6 is 0 Å². The number of carbonyl (C=O) groups excluding carboxylic acids is 1. The van der Waals surface area contributed by atoms with Crippen LogP contribution in [0.5, 0.6) is 11.5 Å². The number of hydrogen-bond acceptors (Lipinski definition) is 4. The predicted octanol–water partition coefficient (Wildman–Crippen LogP) is 2.10. The van der Waals surface area contributed by atoms with Gasteiger partial charge in [-0.2, -0.15) is 0 Å². The molecule has 2 heterocycles. The van der Waals surface area contributed by atoms with E-state index >= 15 is 0 Å². The summed E-state index contributed by atoms with van der Waals surface area (Å²) in [5, 5.41) is 5.68. The summed E-state index contributed by atoms with van der Waals surface area (Å²) in [6, 6.07) is 5.06. The van der Waals surface area contributed by atoms with Crippen molar-refractivity contribution in [1.82, 2.24) is 5.32 Å². The Labute approximate surface area is 117 Å². The summed E-state index contributed by atoms with van der Waals surface area (Å²) in [4.78, 5) is 11.9. The topological polar surface area (TPSA) is 68.8 Å². The molecule has 1 saturated heterocycles. The van der Waals surface area contributed by atoms with Gasteiger partial charge >= 0.3 is 6.03 Å². The molecule has 0 aromatic heterocycles. The molecule has 1 aromatic rings. The second kappa shape index (κ2) is 5.58. The summed E-state index contributed by atoms with van der Waals surface area (Å²) in [5.74, 6) is 1.35. The van der Waals surface area contributed by atoms with Gasteiger partial charge in [-0.25, -0.2) is 4.79 Å². The molecule has 0 saturated carbocycles. The molecule has 1 fully saturated rings. The first-order valence-electron chi connectivity index (χ1n) is 6.81. The number of amides is 2. The zero-order valence-electron chi connectivity index (χ0n) is 11.3. The maximum absolute atomic E-state index is 11.9. The summed E-state index contributed by atoms with van der Waals surface area (Å²) < 4.78 is 16.0. The third-order valence-corrected chi connectivity index (χ3v) is 3.51. The number of benzene rings is 1. The highest BCUT2D eigenvalue weighted by molar-refractivity contribution is 5.89. The highest BCUT2D eigenvalue weighted by Gasteiger charge is 2.23. The van der Waals surface area contributed by atoms with Gasteiger partial charge in [-0.1, -0.05) is 0 Å². The van der Waals surface area contributed by atoms with Crippen LogP contribution in [0.2, 0.25) is 0 Å². The smallest absolute Gasteiger partial charge is 0.319 e. The Morgan fingerprint density at radius 3 is 3.00 bits per heavy atom. The van der Waals surface area contributed by atoms with Crippen LogP contribution in [-0.2, 0) is 4.74 Å². The minimum absolute atomic E-state index is 0.00786. The summed E-state index contributed by atoms with van der Waals surface area (Å²) in [7, 11) is 0. The Morgan fingerprint density at radius 1 is 1.35 bits per heavy atom. The summed E-state index contributed by atoms with van der Waals surface area (Å²) in [6.07, 6.45) is 2.16. The number of rotatable bonds is 3. The molecule has 20 heavy (non-hydrogen) atoms. The Morgan fingerprint density at radius 2 is 2.20 bits per heavy atom. The molecule has 0 unspecified atom stereocenters. The summed E-state index contributed by atoms with van der Waals surface area (Å²) >= 11 is 0. The molecule has 1 aromatic carbocycles. The Kier molecular flexibility index (Phi) is 3.64. The van der Waals surface area contributed by atoms with Gasteiger partial charge in [0.25, 0.3) is 0 Å². The third-order valence-electron chi connectivity index (χ3n) is 3.51. The van der Waals surface area contributed by atoms with E-state index in [1.165, 1.54) is 0 Å². The second-order valence-corrected chi connectivity index (χ2v) is 5.01. The van der Waals surface area contributed by atoms with Gasteiger partial charge in [0.15, 0.2) is 11.5 Å². The molecule has 0 aliphatic carbocycles. The molecule has 2 aliphatic heterocycles. The molecule has 0 radical (unpaired) electrons. The lowest BCUT2D eigenvalue weighted by molar-refractivity contribution is 0.0868. The number of fused-ring (bicyclic) bond motifs is 1. The normalized spacial score (nSPS) is 21.6. The molecule has 2 amide bonds. The largest absolute Gasteiger partial charge is 0.454 e. The van der Waals surface area contributed by atoms with E-state index in [1.54, 1.807) is 18.2 Å². The maximum Gasteiger partial charge on any atom is 0.319 e. The van der Waals surface area contributed by atoms with E-state index < -0.39 is 0 Å². The van der Waals surface area contributed by atoms with Crippen molar-refractivity contribution in [3.05, 3.63) is 18.2 Å². The average Bonchev–Trinajstić information content (AvgIpc) is 3.09. The van der Waals surface area contributed by atoms with Gasteiger partial charge < -0.3 is 24.8 Å². The molecular weight excluding hydrogens is 260 g/mol. The monoisotopic (exact) mass is 278 g/mol. The van der Waals surface area contributed by atoms with Gasteiger partial charge in [-0.3, -0.25) is 0 Å². The highest BCUT2D eigenvalue weighted by atomic mass is 16.7. The molecule has 6 nitrogen and oxygen atoms in total. The minimum atomic E-state index is -0.244. The maximum atomic E-state index is 11.9. The van der Waals surface area contributed by atoms with Crippen LogP contribution in [0.25, 0.3) is 0 Å². The quantitative estimate of drug-likeness (QED) is 0.888. The average molecular weight is 278 g/mol. The first-order valence-corrected chi connectivity index (χ1v) is 6.81. The number of urea groups is 1. The van der Waals surface area contributed by atoms with Gasteiger partial charge in [0.1, 0.15) is 0 Å². The van der Waals surface area contributed by atoms with Crippen LogP contribution in [0.3, 0.4) is 0 Å². The van der Waals surface area contributed by atoms with Crippen LogP contribution in [0.1, 0.15) is 19.8 Å². The Hall–Kier alpha value is -1.95. The fourth-order valence-corrected chi connectivity index (χ4v) is 2.44. The van der Waals surface area contributed by atoms with E-state index in [0.29, 0.717) is 17.2 Å².